The Hall–Kier alpha value is -2.49. The molecule has 23 heavy (non-hydrogen) atoms. The molecule has 2 aromatic carbocycles. The van der Waals surface area contributed by atoms with Gasteiger partial charge in [0.15, 0.2) is 11.5 Å². The second-order valence-corrected chi connectivity index (χ2v) is 5.59. The molecule has 0 bridgehead atoms. The second kappa shape index (κ2) is 6.73. The van der Waals surface area contributed by atoms with Crippen molar-refractivity contribution in [1.82, 2.24) is 0 Å². The highest BCUT2D eigenvalue weighted by atomic mass is 16.6. The molecule has 0 saturated heterocycles. The van der Waals surface area contributed by atoms with Crippen molar-refractivity contribution in [3.8, 4) is 11.5 Å². The van der Waals surface area contributed by atoms with E-state index in [4.69, 9.17) is 14.3 Å². The van der Waals surface area contributed by atoms with Gasteiger partial charge in [-0.15, -0.1) is 0 Å². The molecule has 1 atom stereocenters. The number of ether oxygens (including phenoxy) is 2. The average Bonchev–Trinajstić information content (AvgIpc) is 2.93. The third-order valence-corrected chi connectivity index (χ3v) is 4.30. The van der Waals surface area contributed by atoms with Crippen LogP contribution in [0.5, 0.6) is 11.5 Å². The highest BCUT2D eigenvalue weighted by Crippen LogP contribution is 2.36. The molecule has 0 N–H and O–H groups in total. The minimum Gasteiger partial charge on any atom is -0.493 e. The smallest absolute Gasteiger partial charge is 0.160 e. The summed E-state index contributed by atoms with van der Waals surface area (Å²) in [7, 11) is 4.90. The van der Waals surface area contributed by atoms with Gasteiger partial charge in [0.1, 0.15) is 7.11 Å². The van der Waals surface area contributed by atoms with Gasteiger partial charge in [0.25, 0.3) is 0 Å². The van der Waals surface area contributed by atoms with E-state index in [1.54, 1.807) is 21.3 Å². The first-order chi connectivity index (χ1) is 11.3. The zero-order valence-electron chi connectivity index (χ0n) is 13.7. The molecule has 0 fully saturated rings. The van der Waals surface area contributed by atoms with Crippen LogP contribution in [0, 0.1) is 0 Å². The van der Waals surface area contributed by atoms with Crippen LogP contribution in [0.3, 0.4) is 0 Å². The Morgan fingerprint density at radius 2 is 1.78 bits per heavy atom. The molecule has 0 heterocycles. The molecule has 0 aliphatic heterocycles. The van der Waals surface area contributed by atoms with Crippen molar-refractivity contribution in [3.05, 3.63) is 59.2 Å². The standard InChI is InChI=1S/C19H21NO3/c1-21-18-9-8-13(11-19(18)22-2)10-16-15-7-5-4-6-14(15)12-17(16)20-23-3/h4-9,11,16H,10,12H2,1-3H3/b20-17-. The van der Waals surface area contributed by atoms with Gasteiger partial charge in [-0.05, 0) is 35.2 Å². The van der Waals surface area contributed by atoms with Gasteiger partial charge in [0.2, 0.25) is 0 Å². The van der Waals surface area contributed by atoms with Crippen LogP contribution in [0.2, 0.25) is 0 Å². The molecule has 2 aromatic rings. The summed E-state index contributed by atoms with van der Waals surface area (Å²) in [5.74, 6) is 1.74. The normalized spacial score (nSPS) is 17.9. The van der Waals surface area contributed by atoms with Crippen molar-refractivity contribution in [1.29, 1.82) is 0 Å². The summed E-state index contributed by atoms with van der Waals surface area (Å²) in [5.41, 5.74) is 4.92. The van der Waals surface area contributed by atoms with E-state index in [9.17, 15) is 0 Å². The van der Waals surface area contributed by atoms with Crippen molar-refractivity contribution < 1.29 is 14.3 Å². The first-order valence-electron chi connectivity index (χ1n) is 7.65. The molecule has 1 unspecified atom stereocenters. The fraction of sp³-hybridized carbons (Fsp3) is 0.316. The van der Waals surface area contributed by atoms with Crippen LogP contribution in [0.4, 0.5) is 0 Å². The Morgan fingerprint density at radius 3 is 2.52 bits per heavy atom. The molecule has 0 aromatic heterocycles. The summed E-state index contributed by atoms with van der Waals surface area (Å²) in [5, 5.41) is 4.25. The highest BCUT2D eigenvalue weighted by molar-refractivity contribution is 5.96. The van der Waals surface area contributed by atoms with Gasteiger partial charge >= 0.3 is 0 Å². The van der Waals surface area contributed by atoms with Gasteiger partial charge in [-0.25, -0.2) is 0 Å². The number of oxime groups is 1. The molecule has 1 aliphatic rings. The number of hydrogen-bond acceptors (Lipinski definition) is 4. The summed E-state index contributed by atoms with van der Waals surface area (Å²) in [6.45, 7) is 0. The average molecular weight is 311 g/mol. The molecule has 4 heteroatoms. The van der Waals surface area contributed by atoms with Crippen LogP contribution in [0.25, 0.3) is 0 Å². The minimum absolute atomic E-state index is 0.240. The maximum Gasteiger partial charge on any atom is 0.160 e. The van der Waals surface area contributed by atoms with Crippen molar-refractivity contribution in [3.63, 3.8) is 0 Å². The van der Waals surface area contributed by atoms with E-state index in [2.05, 4.69) is 35.5 Å². The highest BCUT2D eigenvalue weighted by Gasteiger charge is 2.29. The fourth-order valence-corrected chi connectivity index (χ4v) is 3.22. The van der Waals surface area contributed by atoms with Crippen LogP contribution in [-0.2, 0) is 17.7 Å². The Morgan fingerprint density at radius 1 is 1.00 bits per heavy atom. The van der Waals surface area contributed by atoms with Crippen LogP contribution >= 0.6 is 0 Å². The minimum atomic E-state index is 0.240. The Labute approximate surface area is 136 Å². The van der Waals surface area contributed by atoms with Crippen molar-refractivity contribution in [2.45, 2.75) is 18.8 Å². The number of hydrogen-bond donors (Lipinski definition) is 0. The van der Waals surface area contributed by atoms with Crippen LogP contribution in [-0.4, -0.2) is 27.0 Å². The van der Waals surface area contributed by atoms with E-state index in [0.717, 1.165) is 30.1 Å². The summed E-state index contributed by atoms with van der Waals surface area (Å²) in [4.78, 5) is 5.05. The largest absolute Gasteiger partial charge is 0.493 e. The van der Waals surface area contributed by atoms with Crippen molar-refractivity contribution in [2.24, 2.45) is 5.16 Å². The summed E-state index contributed by atoms with van der Waals surface area (Å²) < 4.78 is 10.7. The van der Waals surface area contributed by atoms with Crippen LogP contribution < -0.4 is 9.47 Å². The molecule has 120 valence electrons. The van der Waals surface area contributed by atoms with E-state index < -0.39 is 0 Å². The van der Waals surface area contributed by atoms with Crippen LogP contribution in [0.1, 0.15) is 22.6 Å². The molecule has 0 saturated carbocycles. The van der Waals surface area contributed by atoms with Gasteiger partial charge in [-0.1, -0.05) is 35.5 Å². The number of methoxy groups -OCH3 is 2. The summed E-state index contributed by atoms with van der Waals surface area (Å²) in [6, 6.07) is 14.5. The fourth-order valence-electron chi connectivity index (χ4n) is 3.22. The Balaban J connectivity index is 1.92. The lowest BCUT2D eigenvalue weighted by molar-refractivity contribution is 0.211. The molecular weight excluding hydrogens is 290 g/mol. The molecule has 0 amide bonds. The second-order valence-electron chi connectivity index (χ2n) is 5.59. The predicted molar refractivity (Wildman–Crippen MR) is 90.6 cm³/mol. The number of benzene rings is 2. The Bertz CT molecular complexity index is 724. The van der Waals surface area contributed by atoms with Gasteiger partial charge in [0, 0.05) is 12.3 Å². The molecule has 3 rings (SSSR count). The monoisotopic (exact) mass is 311 g/mol. The molecule has 4 nitrogen and oxygen atoms in total. The third kappa shape index (κ3) is 3.02. The Kier molecular flexibility index (Phi) is 4.51. The molecule has 1 aliphatic carbocycles. The lowest BCUT2D eigenvalue weighted by atomic mass is 9.92. The number of rotatable bonds is 5. The van der Waals surface area contributed by atoms with Gasteiger partial charge in [-0.2, -0.15) is 0 Å². The lowest BCUT2D eigenvalue weighted by Gasteiger charge is -2.15. The molecule has 0 spiro atoms. The maximum atomic E-state index is 5.41. The first-order valence-corrected chi connectivity index (χ1v) is 7.65. The quantitative estimate of drug-likeness (QED) is 0.792. The van der Waals surface area contributed by atoms with E-state index in [1.165, 1.54) is 16.7 Å². The van der Waals surface area contributed by atoms with Gasteiger partial charge in [0.05, 0.1) is 19.9 Å². The third-order valence-electron chi connectivity index (χ3n) is 4.30. The topological polar surface area (TPSA) is 40.0 Å². The summed E-state index contributed by atoms with van der Waals surface area (Å²) in [6.07, 6.45) is 1.71. The van der Waals surface area contributed by atoms with Crippen molar-refractivity contribution in [2.75, 3.05) is 21.3 Å². The zero-order chi connectivity index (χ0) is 16.2. The zero-order valence-corrected chi connectivity index (χ0v) is 13.7. The van der Waals surface area contributed by atoms with E-state index in [-0.39, 0.29) is 5.92 Å². The number of fused-ring (bicyclic) bond motifs is 1. The van der Waals surface area contributed by atoms with Gasteiger partial charge in [-0.3, -0.25) is 0 Å². The van der Waals surface area contributed by atoms with E-state index in [1.807, 2.05) is 12.1 Å². The van der Waals surface area contributed by atoms with Gasteiger partial charge < -0.3 is 14.3 Å². The summed E-state index contributed by atoms with van der Waals surface area (Å²) >= 11 is 0. The van der Waals surface area contributed by atoms with E-state index in [0.29, 0.717) is 0 Å². The molecule has 0 radical (unpaired) electrons. The van der Waals surface area contributed by atoms with Crippen molar-refractivity contribution >= 4 is 5.71 Å². The predicted octanol–water partition coefficient (Wildman–Crippen LogP) is 3.59. The first kappa shape index (κ1) is 15.4. The maximum absolute atomic E-state index is 5.41. The number of nitrogens with zero attached hydrogens (tertiary/aromatic N) is 1. The molecular formula is C19H21NO3. The van der Waals surface area contributed by atoms with Crippen LogP contribution in [0.15, 0.2) is 47.6 Å². The SMILES string of the molecule is CO/N=C1/Cc2ccccc2C1Cc1ccc(OC)c(OC)c1. The lowest BCUT2D eigenvalue weighted by Crippen LogP contribution is -2.10. The van der Waals surface area contributed by atoms with E-state index >= 15 is 0 Å².